The van der Waals surface area contributed by atoms with Gasteiger partial charge < -0.3 is 5.32 Å². The number of rotatable bonds is 3. The third-order valence-electron chi connectivity index (χ3n) is 5.37. The fourth-order valence-electron chi connectivity index (χ4n) is 3.92. The van der Waals surface area contributed by atoms with Crippen molar-refractivity contribution in [2.75, 3.05) is 5.32 Å². The van der Waals surface area contributed by atoms with Crippen LogP contribution < -0.4 is 10.9 Å². The lowest BCUT2D eigenvalue weighted by atomic mass is 9.73. The maximum absolute atomic E-state index is 14.1. The number of para-hydroxylation sites is 1. The quantitative estimate of drug-likeness (QED) is 0.675. The lowest BCUT2D eigenvalue weighted by molar-refractivity contribution is 0.0910. The van der Waals surface area contributed by atoms with Gasteiger partial charge in [-0.05, 0) is 53.8 Å². The maximum Gasteiger partial charge on any atom is 0.268 e. The number of nitrogens with one attached hydrogen (secondary N) is 1. The first-order chi connectivity index (χ1) is 14.7. The molecule has 7 heteroatoms. The van der Waals surface area contributed by atoms with Gasteiger partial charge in [0.1, 0.15) is 17.2 Å². The number of benzene rings is 2. The van der Waals surface area contributed by atoms with Crippen molar-refractivity contribution in [1.29, 1.82) is 0 Å². The summed E-state index contributed by atoms with van der Waals surface area (Å²) in [6.45, 7) is 3.77. The highest BCUT2D eigenvalue weighted by atomic mass is 19.1. The number of Topliss-reactive ketones (excluding diaryl/α,β-unsaturated/α-hetero) is 1. The molecule has 1 aliphatic carbocycles. The molecule has 0 radical (unpaired) electrons. The number of aromatic nitrogens is 1. The van der Waals surface area contributed by atoms with E-state index in [-0.39, 0.29) is 29.0 Å². The van der Waals surface area contributed by atoms with E-state index in [1.54, 1.807) is 6.07 Å². The lowest BCUT2D eigenvalue weighted by Gasteiger charge is -2.31. The Morgan fingerprint density at radius 3 is 2.35 bits per heavy atom. The largest absolute Gasteiger partial charge is 0.319 e. The molecular weight excluding hydrogens is 402 g/mol. The molecule has 2 aromatic carbocycles. The van der Waals surface area contributed by atoms with E-state index in [1.807, 2.05) is 13.8 Å². The average molecular weight is 422 g/mol. The number of hydrogen-bond donors (Lipinski definition) is 1. The van der Waals surface area contributed by atoms with Crippen LogP contribution in [0.25, 0.3) is 5.69 Å². The average Bonchev–Trinajstić information content (AvgIpc) is 2.69. The van der Waals surface area contributed by atoms with Gasteiger partial charge in [-0.2, -0.15) is 0 Å². The maximum atomic E-state index is 14.1. The van der Waals surface area contributed by atoms with Crippen molar-refractivity contribution in [3.63, 3.8) is 0 Å². The van der Waals surface area contributed by atoms with E-state index in [2.05, 4.69) is 5.32 Å². The predicted molar refractivity (Wildman–Crippen MR) is 113 cm³/mol. The Kier molecular flexibility index (Phi) is 5.05. The molecule has 31 heavy (non-hydrogen) atoms. The zero-order chi connectivity index (χ0) is 22.3. The molecule has 3 aromatic rings. The number of halogens is 2. The number of hydrogen-bond acceptors (Lipinski definition) is 3. The van der Waals surface area contributed by atoms with Gasteiger partial charge in [-0.3, -0.25) is 19.0 Å². The van der Waals surface area contributed by atoms with Crippen molar-refractivity contribution in [3.05, 3.63) is 93.4 Å². The molecule has 0 unspecified atom stereocenters. The number of ketones is 1. The van der Waals surface area contributed by atoms with Gasteiger partial charge in [-0.1, -0.05) is 26.0 Å². The Hall–Kier alpha value is -3.61. The summed E-state index contributed by atoms with van der Waals surface area (Å²) in [5, 5.41) is 2.45. The topological polar surface area (TPSA) is 68.2 Å². The van der Waals surface area contributed by atoms with Crippen LogP contribution >= 0.6 is 0 Å². The summed E-state index contributed by atoms with van der Waals surface area (Å²) in [5.74, 6) is -2.11. The molecular formula is C24H20F2N2O3. The molecule has 0 fully saturated rings. The van der Waals surface area contributed by atoms with E-state index in [0.29, 0.717) is 17.7 Å². The van der Waals surface area contributed by atoms with Crippen LogP contribution in [0.1, 0.15) is 46.5 Å². The van der Waals surface area contributed by atoms with Gasteiger partial charge in [0.15, 0.2) is 5.78 Å². The van der Waals surface area contributed by atoms with Crippen LogP contribution in [0.4, 0.5) is 14.5 Å². The molecule has 0 saturated heterocycles. The molecule has 1 aliphatic rings. The highest BCUT2D eigenvalue weighted by Crippen LogP contribution is 2.36. The Labute approximate surface area is 177 Å². The van der Waals surface area contributed by atoms with Gasteiger partial charge in [0.2, 0.25) is 0 Å². The summed E-state index contributed by atoms with van der Waals surface area (Å²) in [6.07, 6.45) is 2.01. The zero-order valence-corrected chi connectivity index (χ0v) is 17.0. The summed E-state index contributed by atoms with van der Waals surface area (Å²) in [7, 11) is 0. The number of carbonyl (C=O) groups excluding carboxylic acids is 2. The summed E-state index contributed by atoms with van der Waals surface area (Å²) in [4.78, 5) is 39.4. The van der Waals surface area contributed by atoms with Crippen molar-refractivity contribution in [2.24, 2.45) is 5.41 Å². The number of carbonyl (C=O) groups is 2. The standard InChI is InChI=1S/C24H20F2N2O3/c1-24(2)11-16-17(20(29)12-24)13-28(15-9-7-14(25)8-10-15)23(31)21(16)22(30)27-19-6-4-3-5-18(19)26/h3-10,13H,11-12H2,1-2H3,(H,27,30). The second-order valence-electron chi connectivity index (χ2n) is 8.42. The Morgan fingerprint density at radius 1 is 1.00 bits per heavy atom. The molecule has 158 valence electrons. The molecule has 1 N–H and O–H groups in total. The number of pyridine rings is 1. The molecule has 0 saturated carbocycles. The second kappa shape index (κ2) is 7.58. The van der Waals surface area contributed by atoms with Crippen molar-refractivity contribution in [1.82, 2.24) is 4.57 Å². The number of nitrogens with zero attached hydrogens (tertiary/aromatic N) is 1. The fourth-order valence-corrected chi connectivity index (χ4v) is 3.92. The predicted octanol–water partition coefficient (Wildman–Crippen LogP) is 4.52. The van der Waals surface area contributed by atoms with Crippen molar-refractivity contribution >= 4 is 17.4 Å². The van der Waals surface area contributed by atoms with Gasteiger partial charge in [-0.15, -0.1) is 0 Å². The second-order valence-corrected chi connectivity index (χ2v) is 8.42. The Morgan fingerprint density at radius 2 is 1.68 bits per heavy atom. The molecule has 1 heterocycles. The van der Waals surface area contributed by atoms with Crippen LogP contribution in [0.3, 0.4) is 0 Å². The zero-order valence-electron chi connectivity index (χ0n) is 17.0. The summed E-state index contributed by atoms with van der Waals surface area (Å²) >= 11 is 0. The minimum Gasteiger partial charge on any atom is -0.319 e. The third-order valence-corrected chi connectivity index (χ3v) is 5.37. The monoisotopic (exact) mass is 422 g/mol. The number of fused-ring (bicyclic) bond motifs is 1. The Balaban J connectivity index is 1.92. The fraction of sp³-hybridized carbons (Fsp3) is 0.208. The first-order valence-electron chi connectivity index (χ1n) is 9.80. The first-order valence-corrected chi connectivity index (χ1v) is 9.80. The van der Waals surface area contributed by atoms with Crippen molar-refractivity contribution in [3.8, 4) is 5.69 Å². The van der Waals surface area contributed by atoms with Gasteiger partial charge in [-0.25, -0.2) is 8.78 Å². The molecule has 0 atom stereocenters. The smallest absolute Gasteiger partial charge is 0.268 e. The molecule has 0 spiro atoms. The van der Waals surface area contributed by atoms with Crippen LogP contribution in [0.5, 0.6) is 0 Å². The van der Waals surface area contributed by atoms with E-state index in [1.165, 1.54) is 48.7 Å². The van der Waals surface area contributed by atoms with E-state index in [4.69, 9.17) is 0 Å². The Bertz CT molecular complexity index is 1260. The van der Waals surface area contributed by atoms with Crippen LogP contribution in [-0.4, -0.2) is 16.3 Å². The molecule has 0 aliphatic heterocycles. The number of amides is 1. The molecule has 0 bridgehead atoms. The molecule has 5 nitrogen and oxygen atoms in total. The van der Waals surface area contributed by atoms with E-state index >= 15 is 0 Å². The van der Waals surface area contributed by atoms with Crippen LogP contribution in [0, 0.1) is 17.0 Å². The third kappa shape index (κ3) is 3.91. The van der Waals surface area contributed by atoms with Crippen LogP contribution in [-0.2, 0) is 6.42 Å². The van der Waals surface area contributed by atoms with Gasteiger partial charge in [0, 0.05) is 23.9 Å². The van der Waals surface area contributed by atoms with Crippen molar-refractivity contribution < 1.29 is 18.4 Å². The summed E-state index contributed by atoms with van der Waals surface area (Å²) in [6, 6.07) is 10.8. The van der Waals surface area contributed by atoms with E-state index in [9.17, 15) is 23.2 Å². The SMILES string of the molecule is CC1(C)CC(=O)c2cn(-c3ccc(F)cc3)c(=O)c(C(=O)Nc3ccccc3F)c2C1. The normalized spacial score (nSPS) is 14.8. The molecule has 1 aromatic heterocycles. The minimum atomic E-state index is -0.798. The number of anilines is 1. The highest BCUT2D eigenvalue weighted by Gasteiger charge is 2.36. The summed E-state index contributed by atoms with van der Waals surface area (Å²) in [5.41, 5.74) is -0.465. The highest BCUT2D eigenvalue weighted by molar-refractivity contribution is 6.08. The van der Waals surface area contributed by atoms with E-state index < -0.39 is 28.5 Å². The van der Waals surface area contributed by atoms with E-state index in [0.717, 1.165) is 4.57 Å². The first kappa shape index (κ1) is 20.7. The van der Waals surface area contributed by atoms with Crippen molar-refractivity contribution in [2.45, 2.75) is 26.7 Å². The summed E-state index contributed by atoms with van der Waals surface area (Å²) < 4.78 is 28.6. The van der Waals surface area contributed by atoms with Crippen LogP contribution in [0.2, 0.25) is 0 Å². The van der Waals surface area contributed by atoms with Gasteiger partial charge in [0.05, 0.1) is 5.69 Å². The van der Waals surface area contributed by atoms with Gasteiger partial charge >= 0.3 is 0 Å². The molecule has 1 amide bonds. The van der Waals surface area contributed by atoms with Gasteiger partial charge in [0.25, 0.3) is 11.5 Å². The molecule has 4 rings (SSSR count). The lowest BCUT2D eigenvalue weighted by Crippen LogP contribution is -2.37. The van der Waals surface area contributed by atoms with Crippen LogP contribution in [0.15, 0.2) is 59.5 Å². The minimum absolute atomic E-state index is 0.0702.